The van der Waals surface area contributed by atoms with E-state index in [1.807, 2.05) is 6.92 Å². The van der Waals surface area contributed by atoms with Crippen molar-refractivity contribution in [2.45, 2.75) is 38.6 Å². The van der Waals surface area contributed by atoms with Gasteiger partial charge in [-0.1, -0.05) is 13.3 Å². The smallest absolute Gasteiger partial charge is 0.318 e. The fourth-order valence-corrected chi connectivity index (χ4v) is 2.45. The van der Waals surface area contributed by atoms with Gasteiger partial charge in [0.1, 0.15) is 6.54 Å². The summed E-state index contributed by atoms with van der Waals surface area (Å²) in [6.45, 7) is 2.37. The molecule has 1 fully saturated rings. The molecule has 0 aromatic carbocycles. The van der Waals surface area contributed by atoms with Crippen molar-refractivity contribution in [2.24, 2.45) is 5.92 Å². The standard InChI is InChI=1S/C13H23N3O4/c1-3-7-16(8-11(17)14-2)13(20)15-10-6-4-5-9(10)12(18)19/h9-10H,3-8H2,1-2H3,(H,14,17)(H,15,20)(H,18,19). The zero-order valence-corrected chi connectivity index (χ0v) is 12.0. The number of nitrogens with zero attached hydrogens (tertiary/aromatic N) is 1. The van der Waals surface area contributed by atoms with E-state index in [2.05, 4.69) is 10.6 Å². The summed E-state index contributed by atoms with van der Waals surface area (Å²) in [6.07, 6.45) is 2.79. The molecule has 7 nitrogen and oxygen atoms in total. The van der Waals surface area contributed by atoms with Crippen molar-refractivity contribution in [1.29, 1.82) is 0 Å². The molecule has 0 aromatic heterocycles. The molecular weight excluding hydrogens is 262 g/mol. The fraction of sp³-hybridized carbons (Fsp3) is 0.769. The van der Waals surface area contributed by atoms with Gasteiger partial charge in [0.25, 0.3) is 0 Å². The Kier molecular flexibility index (Phi) is 6.27. The predicted octanol–water partition coefficient (Wildman–Crippen LogP) is 0.407. The highest BCUT2D eigenvalue weighted by atomic mass is 16.4. The Morgan fingerprint density at radius 1 is 1.30 bits per heavy atom. The second-order valence-electron chi connectivity index (χ2n) is 5.03. The van der Waals surface area contributed by atoms with Crippen molar-refractivity contribution < 1.29 is 19.5 Å². The van der Waals surface area contributed by atoms with Gasteiger partial charge in [-0.2, -0.15) is 0 Å². The largest absolute Gasteiger partial charge is 0.481 e. The van der Waals surface area contributed by atoms with Crippen LogP contribution in [0.5, 0.6) is 0 Å². The number of amides is 3. The highest BCUT2D eigenvalue weighted by Crippen LogP contribution is 2.25. The minimum atomic E-state index is -0.874. The zero-order valence-electron chi connectivity index (χ0n) is 12.0. The normalized spacial score (nSPS) is 21.3. The van der Waals surface area contributed by atoms with Crippen LogP contribution >= 0.6 is 0 Å². The van der Waals surface area contributed by atoms with Crippen LogP contribution in [0.4, 0.5) is 4.79 Å². The number of carboxylic acid groups (broad SMARTS) is 1. The van der Waals surface area contributed by atoms with Crippen LogP contribution < -0.4 is 10.6 Å². The number of aliphatic carboxylic acids is 1. The molecule has 1 aliphatic carbocycles. The van der Waals surface area contributed by atoms with Crippen LogP contribution in [-0.4, -0.2) is 54.1 Å². The molecule has 0 bridgehead atoms. The Morgan fingerprint density at radius 2 is 2.00 bits per heavy atom. The number of hydrogen-bond donors (Lipinski definition) is 3. The van der Waals surface area contributed by atoms with Gasteiger partial charge in [0, 0.05) is 19.6 Å². The Bertz CT molecular complexity index is 373. The first-order valence-corrected chi connectivity index (χ1v) is 6.98. The second kappa shape index (κ2) is 7.72. The molecule has 1 rings (SSSR count). The van der Waals surface area contributed by atoms with Gasteiger partial charge >= 0.3 is 12.0 Å². The van der Waals surface area contributed by atoms with Crippen LogP contribution in [0, 0.1) is 5.92 Å². The van der Waals surface area contributed by atoms with Gasteiger partial charge in [-0.3, -0.25) is 9.59 Å². The summed E-state index contributed by atoms with van der Waals surface area (Å²) in [5, 5.41) is 14.3. The van der Waals surface area contributed by atoms with Gasteiger partial charge < -0.3 is 20.6 Å². The fourth-order valence-electron chi connectivity index (χ4n) is 2.45. The van der Waals surface area contributed by atoms with Crippen LogP contribution in [0.15, 0.2) is 0 Å². The molecule has 0 aromatic rings. The zero-order chi connectivity index (χ0) is 15.1. The molecule has 3 amide bonds. The van der Waals surface area contributed by atoms with Crippen LogP contribution in [0.1, 0.15) is 32.6 Å². The lowest BCUT2D eigenvalue weighted by Crippen LogP contribution is -2.50. The molecule has 114 valence electrons. The summed E-state index contributed by atoms with van der Waals surface area (Å²) in [4.78, 5) is 36.0. The molecule has 2 unspecified atom stereocenters. The van der Waals surface area contributed by atoms with Gasteiger partial charge in [-0.25, -0.2) is 4.79 Å². The first kappa shape index (κ1) is 16.3. The maximum absolute atomic E-state index is 12.2. The summed E-state index contributed by atoms with van der Waals surface area (Å²) in [5.41, 5.74) is 0. The number of nitrogens with one attached hydrogen (secondary N) is 2. The summed E-state index contributed by atoms with van der Waals surface area (Å²) in [6, 6.07) is -0.711. The number of likely N-dealkylation sites (N-methyl/N-ethyl adjacent to an activating group) is 1. The average Bonchev–Trinajstić information content (AvgIpc) is 2.86. The maximum Gasteiger partial charge on any atom is 0.318 e. The number of carboxylic acids is 1. The molecule has 3 N–H and O–H groups in total. The average molecular weight is 285 g/mol. The maximum atomic E-state index is 12.2. The van der Waals surface area contributed by atoms with Gasteiger partial charge in [-0.15, -0.1) is 0 Å². The second-order valence-corrected chi connectivity index (χ2v) is 5.03. The third-order valence-electron chi connectivity index (χ3n) is 3.54. The van der Waals surface area contributed by atoms with E-state index in [1.54, 1.807) is 0 Å². The minimum absolute atomic E-state index is 0.0133. The monoisotopic (exact) mass is 285 g/mol. The molecule has 1 saturated carbocycles. The van der Waals surface area contributed by atoms with Crippen molar-refractivity contribution in [2.75, 3.05) is 20.1 Å². The third kappa shape index (κ3) is 4.40. The number of hydrogen-bond acceptors (Lipinski definition) is 3. The number of urea groups is 1. The van der Waals surface area contributed by atoms with E-state index in [1.165, 1.54) is 11.9 Å². The Morgan fingerprint density at radius 3 is 2.55 bits per heavy atom. The third-order valence-corrected chi connectivity index (χ3v) is 3.54. The topological polar surface area (TPSA) is 98.7 Å². The summed E-state index contributed by atoms with van der Waals surface area (Å²) >= 11 is 0. The Labute approximate surface area is 118 Å². The molecule has 2 atom stereocenters. The molecule has 0 saturated heterocycles. The molecular formula is C13H23N3O4. The molecule has 0 spiro atoms. The lowest BCUT2D eigenvalue weighted by molar-refractivity contribution is -0.142. The highest BCUT2D eigenvalue weighted by molar-refractivity contribution is 5.84. The van der Waals surface area contributed by atoms with Crippen LogP contribution in [-0.2, 0) is 9.59 Å². The molecule has 20 heavy (non-hydrogen) atoms. The SMILES string of the molecule is CCCN(CC(=O)NC)C(=O)NC1CCCC1C(=O)O. The van der Waals surface area contributed by atoms with Crippen molar-refractivity contribution in [3.8, 4) is 0 Å². The van der Waals surface area contributed by atoms with Gasteiger partial charge in [0.05, 0.1) is 5.92 Å². The summed E-state index contributed by atoms with van der Waals surface area (Å²) < 4.78 is 0. The van der Waals surface area contributed by atoms with Crippen LogP contribution in [0.2, 0.25) is 0 Å². The van der Waals surface area contributed by atoms with Crippen molar-refractivity contribution in [3.05, 3.63) is 0 Å². The molecule has 7 heteroatoms. The van der Waals surface area contributed by atoms with Crippen LogP contribution in [0.3, 0.4) is 0 Å². The van der Waals surface area contributed by atoms with E-state index in [9.17, 15) is 14.4 Å². The van der Waals surface area contributed by atoms with Crippen molar-refractivity contribution in [3.63, 3.8) is 0 Å². The first-order valence-electron chi connectivity index (χ1n) is 6.98. The summed E-state index contributed by atoms with van der Waals surface area (Å²) in [7, 11) is 1.52. The van der Waals surface area contributed by atoms with Gasteiger partial charge in [0.15, 0.2) is 0 Å². The van der Waals surface area contributed by atoms with E-state index in [-0.39, 0.29) is 24.5 Å². The molecule has 1 aliphatic rings. The van der Waals surface area contributed by atoms with E-state index in [0.29, 0.717) is 19.4 Å². The minimum Gasteiger partial charge on any atom is -0.481 e. The van der Waals surface area contributed by atoms with Gasteiger partial charge in [-0.05, 0) is 19.3 Å². The van der Waals surface area contributed by atoms with Crippen molar-refractivity contribution >= 4 is 17.9 Å². The molecule has 0 radical (unpaired) electrons. The summed E-state index contributed by atoms with van der Waals surface area (Å²) in [5.74, 6) is -1.64. The predicted molar refractivity (Wildman–Crippen MR) is 73.2 cm³/mol. The number of carbonyl (C=O) groups is 3. The molecule has 0 heterocycles. The van der Waals surface area contributed by atoms with Crippen LogP contribution in [0.25, 0.3) is 0 Å². The number of carbonyl (C=O) groups excluding carboxylic acids is 2. The quantitative estimate of drug-likeness (QED) is 0.658. The van der Waals surface area contributed by atoms with Crippen molar-refractivity contribution in [1.82, 2.24) is 15.5 Å². The first-order chi connectivity index (χ1) is 9.49. The van der Waals surface area contributed by atoms with E-state index in [4.69, 9.17) is 5.11 Å². The lowest BCUT2D eigenvalue weighted by atomic mass is 10.0. The Balaban J connectivity index is 2.61. The lowest BCUT2D eigenvalue weighted by Gasteiger charge is -2.25. The highest BCUT2D eigenvalue weighted by Gasteiger charge is 2.34. The van der Waals surface area contributed by atoms with E-state index < -0.39 is 11.9 Å². The van der Waals surface area contributed by atoms with E-state index >= 15 is 0 Å². The Hall–Kier alpha value is -1.79. The molecule has 0 aliphatic heterocycles. The van der Waals surface area contributed by atoms with Gasteiger partial charge in [0.2, 0.25) is 5.91 Å². The van der Waals surface area contributed by atoms with E-state index in [0.717, 1.165) is 12.8 Å². The number of rotatable bonds is 6.